The molecule has 2 rings (SSSR count). The molecule has 1 aliphatic rings. The average molecular weight is 484 g/mol. The van der Waals surface area contributed by atoms with Gasteiger partial charge in [-0.3, -0.25) is 14.3 Å². The van der Waals surface area contributed by atoms with Gasteiger partial charge in [-0.1, -0.05) is 5.92 Å². The highest BCUT2D eigenvalue weighted by atomic mass is 31.2. The molecule has 2 heterocycles. The summed E-state index contributed by atoms with van der Waals surface area (Å²) in [6.07, 6.45) is -0.513. The SMILES string of the molecule is [2H]C([3H])OCC1OC(n2cc(C#CC)c(=O)[nH]c2=O)CC1OP(OCC[N+]#[C-])N(C(C)C)C(C)C. The Hall–Kier alpha value is -2.04. The van der Waals surface area contributed by atoms with Gasteiger partial charge in [-0.2, -0.15) is 0 Å². The van der Waals surface area contributed by atoms with Crippen LogP contribution in [0.5, 0.6) is 0 Å². The predicted octanol–water partition coefficient (Wildman–Crippen LogP) is 2.51. The van der Waals surface area contributed by atoms with Gasteiger partial charge in [0.15, 0.2) is 0 Å². The second-order valence-corrected chi connectivity index (χ2v) is 9.35. The molecule has 1 fully saturated rings. The highest BCUT2D eigenvalue weighted by molar-refractivity contribution is 7.44. The van der Waals surface area contributed by atoms with E-state index in [2.05, 4.69) is 26.3 Å². The van der Waals surface area contributed by atoms with Gasteiger partial charge in [0.05, 0.1) is 15.5 Å². The highest BCUT2D eigenvalue weighted by Gasteiger charge is 2.41. The molecule has 1 aromatic rings. The van der Waals surface area contributed by atoms with Crippen LogP contribution in [0.3, 0.4) is 0 Å². The van der Waals surface area contributed by atoms with E-state index in [9.17, 15) is 9.59 Å². The molecule has 0 spiro atoms. The third-order valence-corrected chi connectivity index (χ3v) is 7.01. The van der Waals surface area contributed by atoms with Crippen LogP contribution in [0.25, 0.3) is 4.85 Å². The van der Waals surface area contributed by atoms with Crippen molar-refractivity contribution in [3.63, 3.8) is 0 Å². The molecule has 1 saturated heterocycles. The summed E-state index contributed by atoms with van der Waals surface area (Å²) in [5.41, 5.74) is -1.11. The summed E-state index contributed by atoms with van der Waals surface area (Å²) in [6.45, 7) is 17.0. The first-order valence-electron chi connectivity index (χ1n) is 11.9. The molecule has 10 nitrogen and oxygen atoms in total. The molecule has 5 unspecified atom stereocenters. The Morgan fingerprint density at radius 1 is 1.48 bits per heavy atom. The Bertz CT molecular complexity index is 1040. The van der Waals surface area contributed by atoms with Gasteiger partial charge in [0, 0.05) is 31.8 Å². The third-order valence-electron chi connectivity index (χ3n) is 4.86. The number of aromatic amines is 1. The van der Waals surface area contributed by atoms with E-state index in [4.69, 9.17) is 27.8 Å². The Morgan fingerprint density at radius 2 is 2.21 bits per heavy atom. The Balaban J connectivity index is 2.36. The van der Waals surface area contributed by atoms with Gasteiger partial charge in [0.2, 0.25) is 6.54 Å². The van der Waals surface area contributed by atoms with Crippen molar-refractivity contribution >= 4 is 8.53 Å². The van der Waals surface area contributed by atoms with E-state index < -0.39 is 45.3 Å². The number of hydrogen-bond acceptors (Lipinski definition) is 7. The van der Waals surface area contributed by atoms with Crippen LogP contribution in [0.15, 0.2) is 15.8 Å². The normalized spacial score (nSPS) is 23.1. The zero-order valence-electron chi connectivity index (χ0n) is 21.6. The summed E-state index contributed by atoms with van der Waals surface area (Å²) >= 11 is 0. The van der Waals surface area contributed by atoms with Gasteiger partial charge in [-0.25, -0.2) is 16.0 Å². The molecule has 11 heteroatoms. The molecular weight excluding hydrogens is 447 g/mol. The Kier molecular flexibility index (Phi) is 9.49. The summed E-state index contributed by atoms with van der Waals surface area (Å²) in [7, 11) is -3.11. The molecule has 0 amide bonds. The maximum atomic E-state index is 12.5. The lowest BCUT2D eigenvalue weighted by molar-refractivity contribution is -0.0526. The van der Waals surface area contributed by atoms with Crippen LogP contribution in [0.4, 0.5) is 0 Å². The molecule has 0 radical (unpaired) electrons. The lowest BCUT2D eigenvalue weighted by Gasteiger charge is -2.37. The summed E-state index contributed by atoms with van der Waals surface area (Å²) in [5, 5.41) is 0. The molecule has 182 valence electrons. The maximum Gasteiger partial charge on any atom is 0.330 e. The second-order valence-electron chi connectivity index (χ2n) is 7.95. The fraction of sp³-hybridized carbons (Fsp3) is 0.682. The lowest BCUT2D eigenvalue weighted by Crippen LogP contribution is -2.36. The van der Waals surface area contributed by atoms with Crippen molar-refractivity contribution in [1.82, 2.24) is 14.2 Å². The molecule has 1 aromatic heterocycles. The lowest BCUT2D eigenvalue weighted by atomic mass is 10.2. The third kappa shape index (κ3) is 7.22. The molecule has 0 aliphatic carbocycles. The largest absolute Gasteiger partial charge is 0.382 e. The summed E-state index contributed by atoms with van der Waals surface area (Å²) in [4.78, 5) is 30.2. The number of nitrogens with one attached hydrogen (secondary N) is 1. The van der Waals surface area contributed by atoms with Crippen LogP contribution in [0.1, 0.15) is 55.6 Å². The Labute approximate surface area is 198 Å². The smallest absolute Gasteiger partial charge is 0.330 e. The topological polar surface area (TPSA) is 99.4 Å². The van der Waals surface area contributed by atoms with Gasteiger partial charge >= 0.3 is 5.69 Å². The van der Waals surface area contributed by atoms with Crippen LogP contribution in [0.2, 0.25) is 0 Å². The van der Waals surface area contributed by atoms with E-state index in [1.165, 1.54) is 10.8 Å². The number of rotatable bonds is 11. The van der Waals surface area contributed by atoms with Crippen molar-refractivity contribution in [3.05, 3.63) is 44.0 Å². The van der Waals surface area contributed by atoms with Gasteiger partial charge in [0.1, 0.15) is 24.5 Å². The van der Waals surface area contributed by atoms with Crippen molar-refractivity contribution in [2.45, 2.75) is 71.6 Å². The van der Waals surface area contributed by atoms with Gasteiger partial charge in [-0.15, -0.1) is 5.92 Å². The van der Waals surface area contributed by atoms with E-state index in [0.717, 1.165) is 0 Å². The zero-order valence-corrected chi connectivity index (χ0v) is 20.5. The fourth-order valence-corrected chi connectivity index (χ4v) is 5.30. The van der Waals surface area contributed by atoms with Gasteiger partial charge in [0.25, 0.3) is 14.1 Å². The van der Waals surface area contributed by atoms with Crippen molar-refractivity contribution < 1.29 is 21.3 Å². The van der Waals surface area contributed by atoms with Crippen LogP contribution in [-0.2, 0) is 18.5 Å². The van der Waals surface area contributed by atoms with Crippen molar-refractivity contribution in [3.8, 4) is 11.8 Å². The molecule has 1 N–H and O–H groups in total. The van der Waals surface area contributed by atoms with Crippen molar-refractivity contribution in [2.24, 2.45) is 0 Å². The monoisotopic (exact) mass is 483 g/mol. The van der Waals surface area contributed by atoms with Crippen LogP contribution < -0.4 is 11.2 Å². The Morgan fingerprint density at radius 3 is 2.82 bits per heavy atom. The van der Waals surface area contributed by atoms with E-state index >= 15 is 0 Å². The van der Waals surface area contributed by atoms with E-state index in [1.807, 2.05) is 27.7 Å². The first-order chi connectivity index (χ1) is 16.6. The summed E-state index contributed by atoms with van der Waals surface area (Å²) in [6, 6.07) is 0.175. The number of hydrogen-bond donors (Lipinski definition) is 1. The first-order valence-corrected chi connectivity index (χ1v) is 11.8. The molecule has 0 bridgehead atoms. The highest BCUT2D eigenvalue weighted by Crippen LogP contribution is 2.49. The quantitative estimate of drug-likeness (QED) is 0.223. The fourth-order valence-electron chi connectivity index (χ4n) is 3.56. The van der Waals surface area contributed by atoms with Crippen molar-refractivity contribution in [2.75, 3.05) is 26.8 Å². The summed E-state index contributed by atoms with van der Waals surface area (Å²) in [5.74, 6) is 5.31. The number of H-pyrrole nitrogens is 1. The number of ether oxygens (including phenoxy) is 2. The number of methoxy groups -OCH3 is 1. The van der Waals surface area contributed by atoms with Gasteiger partial charge in [-0.05, 0) is 34.6 Å². The first kappa shape index (κ1) is 24.1. The van der Waals surface area contributed by atoms with Gasteiger partial charge < -0.3 is 23.4 Å². The molecule has 1 aliphatic heterocycles. The van der Waals surface area contributed by atoms with E-state index in [0.29, 0.717) is 0 Å². The minimum atomic E-state index is -1.60. The van der Waals surface area contributed by atoms with E-state index in [1.54, 1.807) is 6.92 Å². The number of aromatic nitrogens is 2. The minimum Gasteiger partial charge on any atom is -0.382 e. The van der Waals surface area contributed by atoms with Crippen LogP contribution in [0, 0.1) is 18.4 Å². The zero-order chi connectivity index (χ0) is 26.1. The summed E-state index contributed by atoms with van der Waals surface area (Å²) < 4.78 is 41.7. The maximum absolute atomic E-state index is 12.5. The van der Waals surface area contributed by atoms with E-state index in [-0.39, 0.29) is 43.8 Å². The van der Waals surface area contributed by atoms with Crippen molar-refractivity contribution in [1.29, 1.82) is 0 Å². The predicted molar refractivity (Wildman–Crippen MR) is 126 cm³/mol. The standard InChI is InChI=1S/C22H33N4O6P/c1-8-9-17-13-25(22(28)24-21(17)27)20-12-18(19(31-20)14-29-7)32-33(30-11-10-23-6)26(15(2)3)16(4)5/h13,15-16,18-20H,10-12,14H2,1-5,7H3,(H,24,27,28)/i7TD. The molecule has 0 saturated carbocycles. The second kappa shape index (κ2) is 13.0. The minimum absolute atomic E-state index is 0.0877. The molecular formula is C22H33N4O6P. The molecule has 5 atom stereocenters. The van der Waals surface area contributed by atoms with Crippen LogP contribution in [-0.4, -0.2) is 65.3 Å². The molecule has 33 heavy (non-hydrogen) atoms. The average Bonchev–Trinajstić information content (AvgIpc) is 3.16. The molecule has 0 aromatic carbocycles. The number of nitrogens with zero attached hydrogens (tertiary/aromatic N) is 3. The van der Waals surface area contributed by atoms with Crippen LogP contribution >= 0.6 is 8.53 Å².